The van der Waals surface area contributed by atoms with Crippen molar-refractivity contribution in [2.24, 2.45) is 0 Å². The first kappa shape index (κ1) is 8.32. The first-order valence-electron chi connectivity index (χ1n) is 2.97. The van der Waals surface area contributed by atoms with Gasteiger partial charge in [-0.15, -0.1) is 0 Å². The minimum Gasteiger partial charge on any atom is -0.504 e. The fraction of sp³-hybridized carbons (Fsp3) is 0. The van der Waals surface area contributed by atoms with E-state index in [-0.39, 0.29) is 0 Å². The maximum atomic E-state index is 12.5. The number of hydrogen-bond acceptors (Lipinski definition) is 3. The molecule has 0 spiro atoms. The number of halogens is 1. The number of rotatable bonds is 1. The monoisotopic (exact) mass is 172 g/mol. The van der Waals surface area contributed by atoms with E-state index in [0.717, 1.165) is 6.07 Å². The number of aromatic hydroxyl groups is 2. The van der Waals surface area contributed by atoms with Gasteiger partial charge in [0.15, 0.2) is 17.3 Å². The molecule has 64 valence electrons. The predicted molar refractivity (Wildman–Crippen MR) is 36.7 cm³/mol. The van der Waals surface area contributed by atoms with E-state index in [0.29, 0.717) is 6.07 Å². The van der Waals surface area contributed by atoms with Crippen molar-refractivity contribution in [1.82, 2.24) is 0 Å². The second-order valence-electron chi connectivity index (χ2n) is 2.13. The maximum Gasteiger partial charge on any atom is 0.335 e. The number of benzene rings is 1. The van der Waals surface area contributed by atoms with E-state index in [1.54, 1.807) is 0 Å². The normalized spacial score (nSPS) is 9.75. The molecule has 0 fully saturated rings. The second kappa shape index (κ2) is 2.69. The summed E-state index contributed by atoms with van der Waals surface area (Å²) >= 11 is 0. The predicted octanol–water partition coefficient (Wildman–Crippen LogP) is 0.935. The summed E-state index contributed by atoms with van der Waals surface area (Å²) in [5.41, 5.74) is -0.414. The number of hydrogen-bond donors (Lipinski definition) is 3. The molecular weight excluding hydrogens is 167 g/mol. The molecule has 1 aromatic rings. The summed E-state index contributed by atoms with van der Waals surface area (Å²) in [7, 11) is 0. The van der Waals surface area contributed by atoms with E-state index >= 15 is 0 Å². The van der Waals surface area contributed by atoms with Crippen molar-refractivity contribution in [1.29, 1.82) is 0 Å². The van der Waals surface area contributed by atoms with E-state index in [1.807, 2.05) is 0 Å². The standard InChI is InChI=1S/C7H5FO4/c8-4-1-3(7(11)12)2-5(9)6(4)10/h1-2,9-10H,(H,11,12). The summed E-state index contributed by atoms with van der Waals surface area (Å²) in [6, 6.07) is 1.39. The molecule has 0 saturated carbocycles. The minimum absolute atomic E-state index is 0.414. The Hall–Kier alpha value is -1.78. The lowest BCUT2D eigenvalue weighted by atomic mass is 10.2. The highest BCUT2D eigenvalue weighted by Gasteiger charge is 2.12. The first-order chi connectivity index (χ1) is 5.52. The summed E-state index contributed by atoms with van der Waals surface area (Å²) in [6.45, 7) is 0. The van der Waals surface area contributed by atoms with Crippen LogP contribution < -0.4 is 0 Å². The van der Waals surface area contributed by atoms with Crippen molar-refractivity contribution < 1.29 is 24.5 Å². The van der Waals surface area contributed by atoms with Gasteiger partial charge in [0.1, 0.15) is 0 Å². The third kappa shape index (κ3) is 1.29. The van der Waals surface area contributed by atoms with Gasteiger partial charge in [-0.2, -0.15) is 0 Å². The fourth-order valence-corrected chi connectivity index (χ4v) is 0.708. The summed E-state index contributed by atoms with van der Waals surface area (Å²) in [6.07, 6.45) is 0. The van der Waals surface area contributed by atoms with Crippen LogP contribution in [0.4, 0.5) is 4.39 Å². The van der Waals surface area contributed by atoms with Crippen LogP contribution in [0.15, 0.2) is 12.1 Å². The van der Waals surface area contributed by atoms with Crippen LogP contribution in [0.2, 0.25) is 0 Å². The SMILES string of the molecule is O=C(O)c1cc(O)c(O)c(F)c1. The van der Waals surface area contributed by atoms with Crippen molar-refractivity contribution in [2.75, 3.05) is 0 Å². The number of phenols is 2. The molecule has 0 aliphatic heterocycles. The Balaban J connectivity index is 3.31. The Bertz CT molecular complexity index is 311. The summed E-state index contributed by atoms with van der Waals surface area (Å²) < 4.78 is 12.5. The Morgan fingerprint density at radius 3 is 2.33 bits per heavy atom. The van der Waals surface area contributed by atoms with Crippen LogP contribution in [0, 0.1) is 5.82 Å². The molecule has 0 aliphatic rings. The largest absolute Gasteiger partial charge is 0.504 e. The zero-order valence-electron chi connectivity index (χ0n) is 5.78. The van der Waals surface area contributed by atoms with Crippen LogP contribution in [0.3, 0.4) is 0 Å². The molecule has 0 heterocycles. The third-order valence-electron chi connectivity index (χ3n) is 1.29. The van der Waals surface area contributed by atoms with E-state index in [4.69, 9.17) is 15.3 Å². The van der Waals surface area contributed by atoms with Gasteiger partial charge in [0.05, 0.1) is 5.56 Å². The molecule has 0 aromatic heterocycles. The highest BCUT2D eigenvalue weighted by molar-refractivity contribution is 5.88. The number of phenolic OH excluding ortho intramolecular Hbond substituents is 2. The minimum atomic E-state index is -1.37. The molecule has 0 saturated heterocycles. The smallest absolute Gasteiger partial charge is 0.335 e. The lowest BCUT2D eigenvalue weighted by molar-refractivity contribution is 0.0695. The molecule has 3 N–H and O–H groups in total. The zero-order valence-corrected chi connectivity index (χ0v) is 5.78. The highest BCUT2D eigenvalue weighted by Crippen LogP contribution is 2.28. The molecule has 1 rings (SSSR count). The van der Waals surface area contributed by atoms with Crippen molar-refractivity contribution in [2.45, 2.75) is 0 Å². The Morgan fingerprint density at radius 1 is 1.33 bits per heavy atom. The van der Waals surface area contributed by atoms with Gasteiger partial charge < -0.3 is 15.3 Å². The van der Waals surface area contributed by atoms with Crippen LogP contribution in [0.25, 0.3) is 0 Å². The molecule has 0 radical (unpaired) electrons. The highest BCUT2D eigenvalue weighted by atomic mass is 19.1. The summed E-state index contributed by atoms with van der Waals surface area (Å²) in [5.74, 6) is -4.26. The first-order valence-corrected chi connectivity index (χ1v) is 2.97. The van der Waals surface area contributed by atoms with Gasteiger partial charge in [-0.1, -0.05) is 0 Å². The van der Waals surface area contributed by atoms with Gasteiger partial charge in [0.2, 0.25) is 0 Å². The van der Waals surface area contributed by atoms with Crippen LogP contribution in [-0.2, 0) is 0 Å². The summed E-state index contributed by atoms with van der Waals surface area (Å²) in [5, 5.41) is 25.8. The molecule has 0 aliphatic carbocycles. The average Bonchev–Trinajstić information content (AvgIpc) is 1.99. The molecule has 0 unspecified atom stereocenters. The van der Waals surface area contributed by atoms with Crippen molar-refractivity contribution in [3.8, 4) is 11.5 Å². The number of carbonyl (C=O) groups is 1. The molecule has 12 heavy (non-hydrogen) atoms. The second-order valence-corrected chi connectivity index (χ2v) is 2.13. The molecule has 0 bridgehead atoms. The molecular formula is C7H5FO4. The van der Waals surface area contributed by atoms with Crippen molar-refractivity contribution >= 4 is 5.97 Å². The van der Waals surface area contributed by atoms with Crippen LogP contribution in [0.5, 0.6) is 11.5 Å². The molecule has 1 aromatic carbocycles. The Labute approximate surface area is 66.5 Å². The number of aromatic carboxylic acids is 1. The van der Waals surface area contributed by atoms with Crippen molar-refractivity contribution in [3.05, 3.63) is 23.5 Å². The molecule has 0 atom stereocenters. The van der Waals surface area contributed by atoms with Gasteiger partial charge >= 0.3 is 5.97 Å². The van der Waals surface area contributed by atoms with Gasteiger partial charge in [0, 0.05) is 0 Å². The maximum absolute atomic E-state index is 12.5. The number of carboxylic acid groups (broad SMARTS) is 1. The van der Waals surface area contributed by atoms with Gasteiger partial charge in [-0.25, -0.2) is 9.18 Å². The van der Waals surface area contributed by atoms with Crippen LogP contribution in [0.1, 0.15) is 10.4 Å². The topological polar surface area (TPSA) is 77.8 Å². The average molecular weight is 172 g/mol. The Kier molecular flexibility index (Phi) is 1.86. The Morgan fingerprint density at radius 2 is 1.92 bits per heavy atom. The van der Waals surface area contributed by atoms with E-state index < -0.39 is 28.8 Å². The van der Waals surface area contributed by atoms with E-state index in [2.05, 4.69) is 0 Å². The van der Waals surface area contributed by atoms with Gasteiger partial charge in [0.25, 0.3) is 0 Å². The lowest BCUT2D eigenvalue weighted by Crippen LogP contribution is -1.96. The number of carboxylic acids is 1. The summed E-state index contributed by atoms with van der Waals surface area (Å²) in [4.78, 5) is 10.3. The van der Waals surface area contributed by atoms with Gasteiger partial charge in [-0.3, -0.25) is 0 Å². The fourth-order valence-electron chi connectivity index (χ4n) is 0.708. The lowest BCUT2D eigenvalue weighted by Gasteiger charge is -2.00. The molecule has 4 nitrogen and oxygen atoms in total. The van der Waals surface area contributed by atoms with Crippen LogP contribution in [-0.4, -0.2) is 21.3 Å². The van der Waals surface area contributed by atoms with Gasteiger partial charge in [-0.05, 0) is 12.1 Å². The molecule has 5 heteroatoms. The van der Waals surface area contributed by atoms with Crippen molar-refractivity contribution in [3.63, 3.8) is 0 Å². The third-order valence-corrected chi connectivity index (χ3v) is 1.29. The quantitative estimate of drug-likeness (QED) is 0.551. The molecule has 0 amide bonds. The van der Waals surface area contributed by atoms with E-state index in [9.17, 15) is 9.18 Å². The van der Waals surface area contributed by atoms with E-state index in [1.165, 1.54) is 0 Å². The zero-order chi connectivity index (χ0) is 9.30. The van der Waals surface area contributed by atoms with Crippen LogP contribution >= 0.6 is 0 Å².